The second kappa shape index (κ2) is 71.8. The van der Waals surface area contributed by atoms with Crippen LogP contribution in [0.4, 0.5) is 0 Å². The van der Waals surface area contributed by atoms with E-state index < -0.39 is 97.5 Å². The first-order valence-corrected chi connectivity index (χ1v) is 40.4. The van der Waals surface area contributed by atoms with Crippen molar-refractivity contribution in [2.45, 2.75) is 277 Å². The van der Waals surface area contributed by atoms with Gasteiger partial charge < -0.3 is 33.8 Å². The zero-order valence-corrected chi connectivity index (χ0v) is 63.3. The minimum atomic E-state index is -5.00. The van der Waals surface area contributed by atoms with E-state index in [9.17, 15) is 43.2 Å². The molecule has 0 fully saturated rings. The molecule has 5 unspecified atom stereocenters. The molecule has 0 heterocycles. The second-order valence-electron chi connectivity index (χ2n) is 24.1. The molecule has 0 spiro atoms. The number of hydrogen-bond donors (Lipinski definition) is 3. The van der Waals surface area contributed by atoms with E-state index in [4.69, 9.17) is 37.0 Å². The highest BCUT2D eigenvalue weighted by molar-refractivity contribution is 7.47. The van der Waals surface area contributed by atoms with Gasteiger partial charge in [-0.1, -0.05) is 243 Å². The van der Waals surface area contributed by atoms with Crippen LogP contribution < -0.4 is 0 Å². The highest BCUT2D eigenvalue weighted by atomic mass is 31.2. The fraction of sp³-hybridized carbons (Fsp3) is 0.605. The lowest BCUT2D eigenvalue weighted by Crippen LogP contribution is -2.30. The summed E-state index contributed by atoms with van der Waals surface area (Å²) >= 11 is 0. The zero-order valence-electron chi connectivity index (χ0n) is 61.5. The molecule has 0 aromatic carbocycles. The summed E-state index contributed by atoms with van der Waals surface area (Å²) in [4.78, 5) is 72.8. The van der Waals surface area contributed by atoms with Gasteiger partial charge in [-0.25, -0.2) is 9.13 Å². The van der Waals surface area contributed by atoms with Crippen molar-refractivity contribution in [2.24, 2.45) is 0 Å². The number of carbonyl (C=O) groups excluding carboxylic acids is 4. The van der Waals surface area contributed by atoms with E-state index in [1.54, 1.807) is 0 Å². The summed E-state index contributed by atoms with van der Waals surface area (Å²) < 4.78 is 68.3. The Morgan fingerprint density at radius 3 is 0.860 bits per heavy atom. The van der Waals surface area contributed by atoms with E-state index in [-0.39, 0.29) is 25.7 Å². The molecule has 0 bridgehead atoms. The lowest BCUT2D eigenvalue weighted by atomic mass is 10.1. The van der Waals surface area contributed by atoms with Crippen molar-refractivity contribution >= 4 is 39.5 Å². The van der Waals surface area contributed by atoms with Crippen molar-refractivity contribution in [3.63, 3.8) is 0 Å². The van der Waals surface area contributed by atoms with Gasteiger partial charge in [0.05, 0.1) is 26.4 Å². The van der Waals surface area contributed by atoms with Crippen molar-refractivity contribution < 1.29 is 80.2 Å². The minimum absolute atomic E-state index is 0.0556. The van der Waals surface area contributed by atoms with Crippen LogP contribution in [0, 0.1) is 0 Å². The fourth-order valence-electron chi connectivity index (χ4n) is 9.06. The Morgan fingerprint density at radius 2 is 0.530 bits per heavy atom. The molecule has 0 rings (SSSR count). The number of unbranched alkanes of at least 4 members (excludes halogenated alkanes) is 14. The molecule has 3 N–H and O–H groups in total. The Hall–Kier alpha value is -5.58. The molecule has 100 heavy (non-hydrogen) atoms. The Balaban J connectivity index is 5.48. The third-order valence-electron chi connectivity index (χ3n) is 14.6. The number of rotatable bonds is 68. The normalized spacial score (nSPS) is 14.9. The SMILES string of the molecule is CC/C=C\C/C=C\C/C=C\C/C=C\C/C=C\CCCC(=O)OCC(COP(=O)(O)OCC(O)COP(=O)(O)OCC(COC(=O)CCCC/C=C\C/C=C\C/C=C\C/C=C\CC)OC(=O)CCCCCCC/C=C\C/C=C\CCC)OC(=O)CCCCCCC/C=C\C/C=C\C/C=C\CC. The van der Waals surface area contributed by atoms with Crippen LogP contribution >= 0.6 is 15.6 Å². The van der Waals surface area contributed by atoms with Gasteiger partial charge in [0.15, 0.2) is 12.2 Å². The van der Waals surface area contributed by atoms with Crippen LogP contribution in [0.2, 0.25) is 0 Å². The number of aliphatic hydroxyl groups is 1. The number of aliphatic hydroxyl groups excluding tert-OH is 1. The fourth-order valence-corrected chi connectivity index (χ4v) is 10.6. The molecule has 0 amide bonds. The van der Waals surface area contributed by atoms with E-state index in [0.29, 0.717) is 32.1 Å². The average Bonchev–Trinajstić information content (AvgIpc) is 1.06. The number of phosphoric acid groups is 2. The van der Waals surface area contributed by atoms with Crippen LogP contribution in [-0.2, 0) is 65.4 Å². The third-order valence-corrected chi connectivity index (χ3v) is 16.5. The molecule has 0 aliphatic rings. The van der Waals surface area contributed by atoms with Crippen LogP contribution in [0.5, 0.6) is 0 Å². The molecule has 0 saturated carbocycles. The van der Waals surface area contributed by atoms with Crippen molar-refractivity contribution in [3.8, 4) is 0 Å². The maximum absolute atomic E-state index is 13.1. The Kier molecular flexibility index (Phi) is 67.8. The largest absolute Gasteiger partial charge is 0.472 e. The van der Waals surface area contributed by atoms with E-state index >= 15 is 0 Å². The van der Waals surface area contributed by atoms with Crippen molar-refractivity contribution in [1.29, 1.82) is 0 Å². The Morgan fingerprint density at radius 1 is 0.290 bits per heavy atom. The standard InChI is InChI=1S/C81H130O17P2/c1-5-9-13-17-21-25-29-33-36-37-40-43-46-50-54-58-62-66-79(84)92-72-77(98-81(86)68-64-60-56-52-48-44-39-35-31-27-23-19-15-11-7-3)74-96-100(89,90)94-70-75(82)69-93-99(87,88)95-73-76(97-80(85)67-63-59-55-51-47-41-32-28-24-20-16-12-8-4)71-91-78(83)65-61-57-53-49-45-42-38-34-30-26-22-18-14-10-6-2/h9-11,13-16,20-23,25-28,32-36,38-40,43,45,49-50,54,75-77,82H,5-8,12,17-19,24,29-31,37,41-42,44,46-48,51-53,55-74H2,1-4H3,(H,87,88)(H,89,90)/b13-9-,14-10-,15-11-,20-16-,25-21-,26-22-,27-23-,32-28-,36-33-,38-34-,39-35-,43-40-,49-45-,54-50-. The van der Waals surface area contributed by atoms with Gasteiger partial charge in [0.1, 0.15) is 19.3 Å². The van der Waals surface area contributed by atoms with Crippen molar-refractivity contribution in [3.05, 3.63) is 170 Å². The van der Waals surface area contributed by atoms with Gasteiger partial charge in [-0.05, 0) is 161 Å². The maximum atomic E-state index is 13.1. The van der Waals surface area contributed by atoms with Crippen LogP contribution in [0.3, 0.4) is 0 Å². The number of ether oxygens (including phenoxy) is 4. The van der Waals surface area contributed by atoms with Crippen LogP contribution in [0.15, 0.2) is 170 Å². The molecule has 17 nitrogen and oxygen atoms in total. The van der Waals surface area contributed by atoms with Crippen molar-refractivity contribution in [2.75, 3.05) is 39.6 Å². The van der Waals surface area contributed by atoms with Gasteiger partial charge >= 0.3 is 39.5 Å². The molecule has 566 valence electrons. The Labute approximate surface area is 603 Å². The summed E-state index contributed by atoms with van der Waals surface area (Å²) in [6.45, 7) is 4.28. The van der Waals surface area contributed by atoms with Gasteiger partial charge in [-0.2, -0.15) is 0 Å². The molecule has 0 radical (unpaired) electrons. The molecule has 19 heteroatoms. The predicted octanol–water partition coefficient (Wildman–Crippen LogP) is 21.4. The molecule has 0 aliphatic heterocycles. The lowest BCUT2D eigenvalue weighted by Gasteiger charge is -2.21. The molecule has 5 atom stereocenters. The topological polar surface area (TPSA) is 237 Å². The first kappa shape index (κ1) is 94.4. The van der Waals surface area contributed by atoms with Gasteiger partial charge in [-0.15, -0.1) is 0 Å². The van der Waals surface area contributed by atoms with Crippen LogP contribution in [0.1, 0.15) is 259 Å². The van der Waals surface area contributed by atoms with Gasteiger partial charge in [-0.3, -0.25) is 37.3 Å². The van der Waals surface area contributed by atoms with Crippen LogP contribution in [0.25, 0.3) is 0 Å². The van der Waals surface area contributed by atoms with E-state index in [0.717, 1.165) is 173 Å². The van der Waals surface area contributed by atoms with Crippen LogP contribution in [-0.4, -0.2) is 96.7 Å². The Bertz CT molecular complexity index is 2570. The van der Waals surface area contributed by atoms with Gasteiger partial charge in [0.2, 0.25) is 0 Å². The van der Waals surface area contributed by atoms with E-state index in [2.05, 4.69) is 186 Å². The smallest absolute Gasteiger partial charge is 0.462 e. The van der Waals surface area contributed by atoms with Gasteiger partial charge in [0, 0.05) is 25.7 Å². The number of allylic oxidation sites excluding steroid dienone is 28. The lowest BCUT2D eigenvalue weighted by molar-refractivity contribution is -0.161. The minimum Gasteiger partial charge on any atom is -0.462 e. The number of hydrogen-bond acceptors (Lipinski definition) is 15. The maximum Gasteiger partial charge on any atom is 0.472 e. The molecule has 0 saturated heterocycles. The van der Waals surface area contributed by atoms with E-state index in [1.807, 2.05) is 12.2 Å². The number of carbonyl (C=O) groups is 4. The molecule has 0 aromatic rings. The monoisotopic (exact) mass is 1440 g/mol. The van der Waals surface area contributed by atoms with Gasteiger partial charge in [0.25, 0.3) is 0 Å². The molecule has 0 aromatic heterocycles. The predicted molar refractivity (Wildman–Crippen MR) is 408 cm³/mol. The first-order valence-electron chi connectivity index (χ1n) is 37.4. The average molecular weight is 1440 g/mol. The number of esters is 4. The molecule has 0 aliphatic carbocycles. The summed E-state index contributed by atoms with van der Waals surface area (Å²) in [6.07, 6.45) is 83.6. The molecular formula is C81H130O17P2. The zero-order chi connectivity index (χ0) is 73.2. The second-order valence-corrected chi connectivity index (χ2v) is 27.0. The molecular weight excluding hydrogens is 1310 g/mol. The number of phosphoric ester groups is 2. The highest BCUT2D eigenvalue weighted by Crippen LogP contribution is 2.45. The quantitative estimate of drug-likeness (QED) is 0.0169. The van der Waals surface area contributed by atoms with E-state index in [1.165, 1.54) is 0 Å². The highest BCUT2D eigenvalue weighted by Gasteiger charge is 2.30. The first-order chi connectivity index (χ1) is 48.7. The summed E-state index contributed by atoms with van der Waals surface area (Å²) in [7, 11) is -10.0. The third kappa shape index (κ3) is 70.8. The summed E-state index contributed by atoms with van der Waals surface area (Å²) in [5.74, 6) is -2.34. The summed E-state index contributed by atoms with van der Waals surface area (Å²) in [6, 6.07) is 0. The summed E-state index contributed by atoms with van der Waals surface area (Å²) in [5, 5.41) is 10.6. The van der Waals surface area contributed by atoms with Crippen molar-refractivity contribution in [1.82, 2.24) is 0 Å². The summed E-state index contributed by atoms with van der Waals surface area (Å²) in [5.41, 5.74) is 0.